The zero-order valence-corrected chi connectivity index (χ0v) is 11.1. The van der Waals surface area contributed by atoms with E-state index in [1.807, 2.05) is 0 Å². The predicted molar refractivity (Wildman–Crippen MR) is 69.1 cm³/mol. The summed E-state index contributed by atoms with van der Waals surface area (Å²) in [5.41, 5.74) is 0. The Balaban J connectivity index is 1.73. The summed E-state index contributed by atoms with van der Waals surface area (Å²) in [6.07, 6.45) is 6.60. The van der Waals surface area contributed by atoms with Gasteiger partial charge >= 0.3 is 0 Å². The van der Waals surface area contributed by atoms with Gasteiger partial charge < -0.3 is 15.2 Å². The third-order valence-electron chi connectivity index (χ3n) is 4.37. The Hall–Kier alpha value is -0.610. The fourth-order valence-corrected chi connectivity index (χ4v) is 3.12. The van der Waals surface area contributed by atoms with Crippen molar-refractivity contribution in [3.05, 3.63) is 0 Å². The molecule has 1 aliphatic heterocycles. The molecule has 2 aliphatic rings. The molecular weight excluding hydrogens is 230 g/mol. The van der Waals surface area contributed by atoms with Crippen molar-refractivity contribution in [1.82, 2.24) is 5.32 Å². The first-order valence-electron chi connectivity index (χ1n) is 7.27. The number of rotatable bonds is 4. The molecule has 2 fully saturated rings. The normalized spacial score (nSPS) is 33.1. The average molecular weight is 255 g/mol. The van der Waals surface area contributed by atoms with E-state index in [0.29, 0.717) is 18.4 Å². The molecule has 1 heterocycles. The van der Waals surface area contributed by atoms with E-state index in [9.17, 15) is 9.90 Å². The summed E-state index contributed by atoms with van der Waals surface area (Å²) in [7, 11) is 0. The Morgan fingerprint density at radius 1 is 1.17 bits per heavy atom. The Bertz CT molecular complexity index is 264. The van der Waals surface area contributed by atoms with E-state index in [1.165, 1.54) is 12.8 Å². The number of ether oxygens (including phenoxy) is 1. The van der Waals surface area contributed by atoms with Crippen LogP contribution >= 0.6 is 0 Å². The first-order valence-corrected chi connectivity index (χ1v) is 7.27. The third-order valence-corrected chi connectivity index (χ3v) is 4.37. The number of hydrogen-bond donors (Lipinski definition) is 2. The predicted octanol–water partition coefficient (Wildman–Crippen LogP) is 1.33. The van der Waals surface area contributed by atoms with Gasteiger partial charge in [-0.05, 0) is 37.5 Å². The maximum atomic E-state index is 12.0. The minimum atomic E-state index is 0.0370. The van der Waals surface area contributed by atoms with Gasteiger partial charge in [-0.2, -0.15) is 0 Å². The van der Waals surface area contributed by atoms with Crippen molar-refractivity contribution in [1.29, 1.82) is 0 Å². The molecule has 4 nitrogen and oxygen atoms in total. The standard InChI is InChI=1S/C14H25NO3/c16-9-12-5-2-1-4-11(12)8-15-14(17)13-6-3-7-18-10-13/h11-13,16H,1-10H2,(H,15,17). The minimum Gasteiger partial charge on any atom is -0.396 e. The van der Waals surface area contributed by atoms with E-state index in [4.69, 9.17) is 4.74 Å². The van der Waals surface area contributed by atoms with Crippen molar-refractivity contribution in [3.63, 3.8) is 0 Å². The Morgan fingerprint density at radius 2 is 1.94 bits per heavy atom. The van der Waals surface area contributed by atoms with Crippen molar-refractivity contribution in [2.75, 3.05) is 26.4 Å². The molecule has 1 aliphatic carbocycles. The summed E-state index contributed by atoms with van der Waals surface area (Å²) in [6.45, 7) is 2.34. The summed E-state index contributed by atoms with van der Waals surface area (Å²) in [5.74, 6) is 1.01. The molecule has 1 amide bonds. The van der Waals surface area contributed by atoms with Crippen LogP contribution in [-0.2, 0) is 9.53 Å². The van der Waals surface area contributed by atoms with E-state index in [1.54, 1.807) is 0 Å². The van der Waals surface area contributed by atoms with Gasteiger partial charge in [0.2, 0.25) is 5.91 Å². The summed E-state index contributed by atoms with van der Waals surface area (Å²) in [6, 6.07) is 0. The van der Waals surface area contributed by atoms with Gasteiger partial charge in [-0.3, -0.25) is 4.79 Å². The quantitative estimate of drug-likeness (QED) is 0.796. The van der Waals surface area contributed by atoms with E-state index >= 15 is 0 Å². The van der Waals surface area contributed by atoms with Crippen molar-refractivity contribution < 1.29 is 14.6 Å². The highest BCUT2D eigenvalue weighted by Gasteiger charge is 2.26. The maximum absolute atomic E-state index is 12.0. The summed E-state index contributed by atoms with van der Waals surface area (Å²) >= 11 is 0. The van der Waals surface area contributed by atoms with Crippen LogP contribution in [0.1, 0.15) is 38.5 Å². The molecule has 0 aromatic rings. The maximum Gasteiger partial charge on any atom is 0.225 e. The minimum absolute atomic E-state index is 0.0370. The highest BCUT2D eigenvalue weighted by Crippen LogP contribution is 2.29. The van der Waals surface area contributed by atoms with Crippen LogP contribution < -0.4 is 5.32 Å². The van der Waals surface area contributed by atoms with E-state index in [2.05, 4.69) is 5.32 Å². The van der Waals surface area contributed by atoms with Crippen LogP contribution in [0.5, 0.6) is 0 Å². The highest BCUT2D eigenvalue weighted by atomic mass is 16.5. The summed E-state index contributed by atoms with van der Waals surface area (Å²) in [5, 5.41) is 12.4. The molecule has 0 spiro atoms. The molecule has 104 valence electrons. The monoisotopic (exact) mass is 255 g/mol. The highest BCUT2D eigenvalue weighted by molar-refractivity contribution is 5.78. The van der Waals surface area contributed by atoms with Gasteiger partial charge in [-0.25, -0.2) is 0 Å². The van der Waals surface area contributed by atoms with Crippen LogP contribution in [0.15, 0.2) is 0 Å². The molecule has 3 unspecified atom stereocenters. The molecule has 2 N–H and O–H groups in total. The molecule has 0 bridgehead atoms. The second-order valence-corrected chi connectivity index (χ2v) is 5.65. The summed E-state index contributed by atoms with van der Waals surface area (Å²) in [4.78, 5) is 12.0. The Labute approximate surface area is 109 Å². The lowest BCUT2D eigenvalue weighted by atomic mass is 9.79. The average Bonchev–Trinajstić information content (AvgIpc) is 2.46. The van der Waals surface area contributed by atoms with E-state index < -0.39 is 0 Å². The van der Waals surface area contributed by atoms with Crippen molar-refractivity contribution >= 4 is 5.91 Å². The second kappa shape index (κ2) is 7.10. The van der Waals surface area contributed by atoms with Gasteiger partial charge in [-0.1, -0.05) is 12.8 Å². The van der Waals surface area contributed by atoms with Gasteiger partial charge in [0.25, 0.3) is 0 Å². The van der Waals surface area contributed by atoms with Crippen LogP contribution in [0.4, 0.5) is 0 Å². The fraction of sp³-hybridized carbons (Fsp3) is 0.929. The zero-order valence-electron chi connectivity index (χ0n) is 11.1. The van der Waals surface area contributed by atoms with Gasteiger partial charge in [0.05, 0.1) is 12.5 Å². The van der Waals surface area contributed by atoms with Crippen LogP contribution in [-0.4, -0.2) is 37.4 Å². The SMILES string of the molecule is O=C(NCC1CCCCC1CO)C1CCCOC1. The lowest BCUT2D eigenvalue weighted by molar-refractivity contribution is -0.129. The first kappa shape index (κ1) is 13.8. The first-order chi connectivity index (χ1) is 8.81. The second-order valence-electron chi connectivity index (χ2n) is 5.65. The molecular formula is C14H25NO3. The number of aliphatic hydroxyl groups is 1. The van der Waals surface area contributed by atoms with E-state index in [0.717, 1.165) is 38.8 Å². The smallest absolute Gasteiger partial charge is 0.225 e. The number of nitrogens with one attached hydrogen (secondary N) is 1. The number of hydrogen-bond acceptors (Lipinski definition) is 3. The molecule has 4 heteroatoms. The van der Waals surface area contributed by atoms with Crippen LogP contribution in [0.25, 0.3) is 0 Å². The largest absolute Gasteiger partial charge is 0.396 e. The Morgan fingerprint density at radius 3 is 2.61 bits per heavy atom. The van der Waals surface area contributed by atoms with Gasteiger partial charge in [0.15, 0.2) is 0 Å². The van der Waals surface area contributed by atoms with E-state index in [-0.39, 0.29) is 18.4 Å². The van der Waals surface area contributed by atoms with Gasteiger partial charge in [-0.15, -0.1) is 0 Å². The fourth-order valence-electron chi connectivity index (χ4n) is 3.12. The van der Waals surface area contributed by atoms with Gasteiger partial charge in [0.1, 0.15) is 0 Å². The molecule has 1 saturated carbocycles. The zero-order chi connectivity index (χ0) is 12.8. The molecule has 1 saturated heterocycles. The molecule has 3 atom stereocenters. The lowest BCUT2D eigenvalue weighted by Crippen LogP contribution is -2.40. The molecule has 0 radical (unpaired) electrons. The topological polar surface area (TPSA) is 58.6 Å². The van der Waals surface area contributed by atoms with Gasteiger partial charge in [0, 0.05) is 19.8 Å². The number of aliphatic hydroxyl groups excluding tert-OH is 1. The van der Waals surface area contributed by atoms with Crippen molar-refractivity contribution in [3.8, 4) is 0 Å². The number of carbonyl (C=O) groups excluding carboxylic acids is 1. The van der Waals surface area contributed by atoms with Crippen LogP contribution in [0.3, 0.4) is 0 Å². The third kappa shape index (κ3) is 3.69. The lowest BCUT2D eigenvalue weighted by Gasteiger charge is -2.31. The number of carbonyl (C=O) groups is 1. The van der Waals surface area contributed by atoms with Crippen molar-refractivity contribution in [2.45, 2.75) is 38.5 Å². The molecule has 0 aromatic heterocycles. The van der Waals surface area contributed by atoms with Crippen LogP contribution in [0.2, 0.25) is 0 Å². The summed E-state index contributed by atoms with van der Waals surface area (Å²) < 4.78 is 5.34. The van der Waals surface area contributed by atoms with Crippen molar-refractivity contribution in [2.24, 2.45) is 17.8 Å². The molecule has 0 aromatic carbocycles. The molecule has 2 rings (SSSR count). The number of amides is 1. The Kier molecular flexibility index (Phi) is 5.45. The van der Waals surface area contributed by atoms with Crippen LogP contribution in [0, 0.1) is 17.8 Å². The molecule has 18 heavy (non-hydrogen) atoms.